The molecule has 112 valence electrons. The van der Waals surface area contributed by atoms with Gasteiger partial charge in [-0.25, -0.2) is 4.98 Å². The zero-order valence-electron chi connectivity index (χ0n) is 13.2. The minimum atomic E-state index is 0.461. The van der Waals surface area contributed by atoms with Crippen LogP contribution in [0.5, 0.6) is 0 Å². The van der Waals surface area contributed by atoms with Gasteiger partial charge in [0, 0.05) is 30.7 Å². The Balaban J connectivity index is 2.41. The Hall–Kier alpha value is -1.07. The van der Waals surface area contributed by atoms with E-state index in [2.05, 4.69) is 60.8 Å². The highest BCUT2D eigenvalue weighted by Crippen LogP contribution is 2.26. The van der Waals surface area contributed by atoms with Crippen LogP contribution in [0, 0.1) is 5.92 Å². The number of fused-ring (bicyclic) bond motifs is 1. The van der Waals surface area contributed by atoms with Crippen molar-refractivity contribution in [2.75, 3.05) is 18.0 Å². The first-order valence-electron chi connectivity index (χ1n) is 7.46. The van der Waals surface area contributed by atoms with Crippen LogP contribution in [0.15, 0.2) is 11.6 Å². The molecule has 0 spiro atoms. The van der Waals surface area contributed by atoms with Crippen molar-refractivity contribution in [1.29, 1.82) is 0 Å². The molecule has 0 saturated heterocycles. The molecule has 2 heterocycles. The number of hydrogen-bond acceptors (Lipinski definition) is 4. The molecule has 0 aliphatic carbocycles. The number of rotatable bonds is 7. The third-order valence-corrected chi connectivity index (χ3v) is 4.10. The maximum absolute atomic E-state index is 4.87. The fraction of sp³-hybridized carbons (Fsp3) is 0.667. The minimum Gasteiger partial charge on any atom is -0.352 e. The molecule has 20 heavy (non-hydrogen) atoms. The van der Waals surface area contributed by atoms with Gasteiger partial charge in [0.2, 0.25) is 0 Å². The van der Waals surface area contributed by atoms with Crippen molar-refractivity contribution < 1.29 is 0 Å². The predicted molar refractivity (Wildman–Crippen MR) is 87.8 cm³/mol. The standard InChI is InChI=1S/C15H26N4S/c1-6-16-9-13-14(17-15-18(13)7-8-20-15)19(12(4)5)10-11(2)3/h7-8,11-12,16H,6,9-10H2,1-5H3. The second kappa shape index (κ2) is 6.59. The fourth-order valence-electron chi connectivity index (χ4n) is 2.39. The van der Waals surface area contributed by atoms with Crippen molar-refractivity contribution in [1.82, 2.24) is 14.7 Å². The Morgan fingerprint density at radius 1 is 1.35 bits per heavy atom. The average molecular weight is 294 g/mol. The lowest BCUT2D eigenvalue weighted by molar-refractivity contribution is 0.563. The van der Waals surface area contributed by atoms with Crippen LogP contribution in [-0.2, 0) is 6.54 Å². The maximum Gasteiger partial charge on any atom is 0.195 e. The van der Waals surface area contributed by atoms with Gasteiger partial charge in [0.1, 0.15) is 0 Å². The largest absolute Gasteiger partial charge is 0.352 e. The molecule has 0 aliphatic rings. The topological polar surface area (TPSA) is 32.6 Å². The predicted octanol–water partition coefficient (Wildman–Crippen LogP) is 3.38. The minimum absolute atomic E-state index is 0.461. The smallest absolute Gasteiger partial charge is 0.195 e. The molecule has 2 aromatic rings. The molecule has 0 saturated carbocycles. The second-order valence-corrected chi connectivity index (χ2v) is 6.73. The van der Waals surface area contributed by atoms with E-state index in [-0.39, 0.29) is 0 Å². The number of anilines is 1. The van der Waals surface area contributed by atoms with Gasteiger partial charge in [-0.3, -0.25) is 4.40 Å². The Morgan fingerprint density at radius 3 is 2.70 bits per heavy atom. The molecule has 0 atom stereocenters. The summed E-state index contributed by atoms with van der Waals surface area (Å²) in [6.07, 6.45) is 2.12. The summed E-state index contributed by atoms with van der Waals surface area (Å²) in [5, 5.41) is 5.54. The van der Waals surface area contributed by atoms with Crippen molar-refractivity contribution in [3.05, 3.63) is 17.3 Å². The third kappa shape index (κ3) is 3.15. The van der Waals surface area contributed by atoms with E-state index in [1.807, 2.05) is 0 Å². The van der Waals surface area contributed by atoms with Gasteiger partial charge in [0.25, 0.3) is 0 Å². The summed E-state index contributed by atoms with van der Waals surface area (Å²) >= 11 is 1.70. The summed E-state index contributed by atoms with van der Waals surface area (Å²) in [5.41, 5.74) is 1.28. The van der Waals surface area contributed by atoms with Gasteiger partial charge in [-0.1, -0.05) is 20.8 Å². The van der Waals surface area contributed by atoms with Crippen molar-refractivity contribution in [3.8, 4) is 0 Å². The molecule has 4 nitrogen and oxygen atoms in total. The van der Waals surface area contributed by atoms with E-state index in [4.69, 9.17) is 4.98 Å². The number of hydrogen-bond donors (Lipinski definition) is 1. The molecule has 0 bridgehead atoms. The van der Waals surface area contributed by atoms with Crippen LogP contribution in [0.4, 0.5) is 5.82 Å². The monoisotopic (exact) mass is 294 g/mol. The van der Waals surface area contributed by atoms with Gasteiger partial charge in [0.05, 0.1) is 5.69 Å². The van der Waals surface area contributed by atoms with E-state index in [1.54, 1.807) is 11.3 Å². The van der Waals surface area contributed by atoms with Crippen molar-refractivity contribution in [2.45, 2.75) is 47.2 Å². The molecule has 0 amide bonds. The summed E-state index contributed by atoms with van der Waals surface area (Å²) < 4.78 is 2.22. The highest BCUT2D eigenvalue weighted by atomic mass is 32.1. The van der Waals surface area contributed by atoms with Crippen LogP contribution in [0.3, 0.4) is 0 Å². The summed E-state index contributed by atoms with van der Waals surface area (Å²) in [4.78, 5) is 8.38. The molecular formula is C15H26N4S. The van der Waals surface area contributed by atoms with Crippen molar-refractivity contribution in [2.24, 2.45) is 5.92 Å². The van der Waals surface area contributed by atoms with Gasteiger partial charge < -0.3 is 10.2 Å². The number of aromatic nitrogens is 2. The fourth-order valence-corrected chi connectivity index (χ4v) is 3.12. The van der Waals surface area contributed by atoms with Gasteiger partial charge in [-0.05, 0) is 26.3 Å². The molecule has 2 rings (SSSR count). The van der Waals surface area contributed by atoms with E-state index in [9.17, 15) is 0 Å². The average Bonchev–Trinajstić information content (AvgIpc) is 2.93. The van der Waals surface area contributed by atoms with Crippen molar-refractivity contribution >= 4 is 22.1 Å². The Labute approximate surface area is 125 Å². The first-order valence-corrected chi connectivity index (χ1v) is 8.34. The quantitative estimate of drug-likeness (QED) is 0.850. The van der Waals surface area contributed by atoms with Gasteiger partial charge >= 0.3 is 0 Å². The molecular weight excluding hydrogens is 268 g/mol. The second-order valence-electron chi connectivity index (χ2n) is 5.86. The summed E-state index contributed by atoms with van der Waals surface area (Å²) in [5.74, 6) is 1.77. The number of thiazole rings is 1. The van der Waals surface area contributed by atoms with Crippen molar-refractivity contribution in [3.63, 3.8) is 0 Å². The first-order chi connectivity index (χ1) is 9.54. The molecule has 0 aromatic carbocycles. The van der Waals surface area contributed by atoms with Gasteiger partial charge in [0.15, 0.2) is 10.8 Å². The van der Waals surface area contributed by atoms with Crippen LogP contribution in [0.25, 0.3) is 4.96 Å². The molecule has 0 radical (unpaired) electrons. The SMILES string of the molecule is CCNCc1c(N(CC(C)C)C(C)C)nc2sccn12. The molecule has 1 N–H and O–H groups in total. The van der Waals surface area contributed by atoms with E-state index >= 15 is 0 Å². The van der Waals surface area contributed by atoms with Crippen LogP contribution in [-0.4, -0.2) is 28.5 Å². The molecule has 0 aliphatic heterocycles. The van der Waals surface area contributed by atoms with Crippen LogP contribution in [0.1, 0.15) is 40.3 Å². The summed E-state index contributed by atoms with van der Waals surface area (Å²) in [6.45, 7) is 14.0. The molecule has 0 fully saturated rings. The van der Waals surface area contributed by atoms with Gasteiger partial charge in [-0.2, -0.15) is 0 Å². The lowest BCUT2D eigenvalue weighted by Gasteiger charge is -2.29. The first kappa shape index (κ1) is 15.3. The number of nitrogens with zero attached hydrogens (tertiary/aromatic N) is 3. The lowest BCUT2D eigenvalue weighted by Crippen LogP contribution is -2.35. The number of nitrogens with one attached hydrogen (secondary N) is 1. The maximum atomic E-state index is 4.87. The normalized spacial score (nSPS) is 11.9. The Morgan fingerprint density at radius 2 is 2.10 bits per heavy atom. The third-order valence-electron chi connectivity index (χ3n) is 3.34. The zero-order chi connectivity index (χ0) is 14.7. The highest BCUT2D eigenvalue weighted by Gasteiger charge is 2.21. The van der Waals surface area contributed by atoms with Crippen LogP contribution in [0.2, 0.25) is 0 Å². The van der Waals surface area contributed by atoms with Gasteiger partial charge in [-0.15, -0.1) is 11.3 Å². The van der Waals surface area contributed by atoms with E-state index in [1.165, 1.54) is 5.69 Å². The summed E-state index contributed by atoms with van der Waals surface area (Å²) in [7, 11) is 0. The number of imidazole rings is 1. The van der Waals surface area contributed by atoms with Crippen LogP contribution >= 0.6 is 11.3 Å². The Kier molecular flexibility index (Phi) is 5.05. The Bertz CT molecular complexity index is 541. The highest BCUT2D eigenvalue weighted by molar-refractivity contribution is 7.15. The van der Waals surface area contributed by atoms with E-state index in [0.717, 1.165) is 30.4 Å². The molecule has 2 aromatic heterocycles. The molecule has 0 unspecified atom stereocenters. The molecule has 5 heteroatoms. The van der Waals surface area contributed by atoms with E-state index in [0.29, 0.717) is 12.0 Å². The zero-order valence-corrected chi connectivity index (χ0v) is 14.0. The van der Waals surface area contributed by atoms with E-state index < -0.39 is 0 Å². The van der Waals surface area contributed by atoms with Crippen LogP contribution < -0.4 is 10.2 Å². The summed E-state index contributed by atoms with van der Waals surface area (Å²) in [6, 6.07) is 0.461. The lowest BCUT2D eigenvalue weighted by atomic mass is 10.1.